The lowest BCUT2D eigenvalue weighted by Crippen LogP contribution is -2.35. The molecule has 0 aliphatic heterocycles. The molecule has 0 radical (unpaired) electrons. The lowest BCUT2D eigenvalue weighted by molar-refractivity contribution is 0.495. The molecule has 2 atom stereocenters. The van der Waals surface area contributed by atoms with E-state index in [1.807, 2.05) is 6.07 Å². The predicted molar refractivity (Wildman–Crippen MR) is 285 cm³/mol. The summed E-state index contributed by atoms with van der Waals surface area (Å²) >= 11 is 0. The Hall–Kier alpha value is -8.66. The van der Waals surface area contributed by atoms with E-state index >= 15 is 0 Å². The minimum atomic E-state index is -0.397. The first kappa shape index (κ1) is 39.7. The van der Waals surface area contributed by atoms with Crippen molar-refractivity contribution in [3.8, 4) is 27.9 Å². The molecule has 2 aliphatic carbocycles. The number of fused-ring (bicyclic) bond motifs is 7. The molecule has 68 heavy (non-hydrogen) atoms. The number of benzene rings is 9. The van der Waals surface area contributed by atoms with Crippen LogP contribution in [0.4, 0.5) is 17.1 Å². The van der Waals surface area contributed by atoms with Crippen molar-refractivity contribution in [3.05, 3.63) is 272 Å². The number of para-hydroxylation sites is 5. The fourth-order valence-corrected chi connectivity index (χ4v) is 11.3. The van der Waals surface area contributed by atoms with Crippen LogP contribution in [0, 0.1) is 5.92 Å². The number of allylic oxidation sites excluding steroid dienone is 8. The van der Waals surface area contributed by atoms with Crippen LogP contribution in [0.3, 0.4) is 0 Å². The van der Waals surface area contributed by atoms with Crippen LogP contribution in [0.15, 0.2) is 265 Å². The summed E-state index contributed by atoms with van der Waals surface area (Å²) in [6.45, 7) is 2.42. The molecule has 0 spiro atoms. The van der Waals surface area contributed by atoms with Crippen molar-refractivity contribution in [2.24, 2.45) is 5.92 Å². The molecule has 13 rings (SSSR count). The van der Waals surface area contributed by atoms with Crippen LogP contribution in [0.1, 0.15) is 18.1 Å². The zero-order valence-electron chi connectivity index (χ0n) is 37.6. The fourth-order valence-electron chi connectivity index (χ4n) is 11.3. The second-order valence-corrected chi connectivity index (χ2v) is 18.2. The van der Waals surface area contributed by atoms with Gasteiger partial charge in [-0.1, -0.05) is 201 Å². The summed E-state index contributed by atoms with van der Waals surface area (Å²) in [4.78, 5) is 2.46. The largest absolute Gasteiger partial charge is 0.455 e. The molecule has 322 valence electrons. The summed E-state index contributed by atoms with van der Waals surface area (Å²) < 4.78 is 9.01. The molecule has 3 nitrogen and oxygen atoms in total. The Labute approximate surface area is 396 Å². The van der Waals surface area contributed by atoms with Crippen LogP contribution in [-0.2, 0) is 5.41 Å². The number of hydrogen-bond donors (Lipinski definition) is 0. The Balaban J connectivity index is 0.993. The van der Waals surface area contributed by atoms with Crippen LogP contribution in [0.5, 0.6) is 0 Å². The van der Waals surface area contributed by atoms with Gasteiger partial charge in [-0.2, -0.15) is 0 Å². The predicted octanol–water partition coefficient (Wildman–Crippen LogP) is 17.5. The molecular weight excluding hydrogens is 825 g/mol. The van der Waals surface area contributed by atoms with E-state index in [0.717, 1.165) is 61.4 Å². The highest BCUT2D eigenvalue weighted by atomic mass is 16.3. The maximum absolute atomic E-state index is 6.62. The first-order chi connectivity index (χ1) is 33.6. The molecule has 0 N–H and O–H groups in total. The highest BCUT2D eigenvalue weighted by Gasteiger charge is 2.42. The van der Waals surface area contributed by atoms with Crippen molar-refractivity contribution < 1.29 is 4.42 Å². The highest BCUT2D eigenvalue weighted by molar-refractivity contribution is 6.16. The third-order valence-electron chi connectivity index (χ3n) is 14.3. The number of rotatable bonds is 8. The lowest BCUT2D eigenvalue weighted by atomic mass is 9.61. The van der Waals surface area contributed by atoms with Crippen molar-refractivity contribution >= 4 is 66.4 Å². The van der Waals surface area contributed by atoms with Gasteiger partial charge in [-0.3, -0.25) is 0 Å². The smallest absolute Gasteiger partial charge is 0.143 e. The van der Waals surface area contributed by atoms with Gasteiger partial charge in [0.2, 0.25) is 0 Å². The molecule has 2 heterocycles. The average molecular weight is 871 g/mol. The number of anilines is 3. The van der Waals surface area contributed by atoms with Crippen LogP contribution in [0.25, 0.3) is 77.3 Å². The van der Waals surface area contributed by atoms with E-state index in [9.17, 15) is 0 Å². The first-order valence-electron chi connectivity index (χ1n) is 23.5. The van der Waals surface area contributed by atoms with E-state index in [1.54, 1.807) is 0 Å². The van der Waals surface area contributed by atoms with Gasteiger partial charge in [0, 0.05) is 55.5 Å². The fraction of sp³-hybridized carbons (Fsp3) is 0.0462. The molecule has 2 aromatic heterocycles. The van der Waals surface area contributed by atoms with E-state index in [0.29, 0.717) is 0 Å². The number of hydrogen-bond acceptors (Lipinski definition) is 2. The normalized spacial score (nSPS) is 16.6. The Morgan fingerprint density at radius 2 is 1.18 bits per heavy atom. The molecule has 0 saturated carbocycles. The summed E-state index contributed by atoms with van der Waals surface area (Å²) in [5.74, 6) is 0.0980. The molecular formula is C65H46N2O. The van der Waals surface area contributed by atoms with Gasteiger partial charge in [0.05, 0.1) is 16.7 Å². The monoisotopic (exact) mass is 870 g/mol. The SMILES string of the molecule is CC1(c2ccccc2N(c2ccc(-c3cccc4c3c3ccccc3n4-c3ccccc3)cc2)c2cccc(-c3cccc4c3oc3ccccc34)c2)C=CC=C2C=CC=C(c3ccccc3)C21. The van der Waals surface area contributed by atoms with Gasteiger partial charge in [-0.25, -0.2) is 0 Å². The topological polar surface area (TPSA) is 21.3 Å². The van der Waals surface area contributed by atoms with Crippen LogP contribution >= 0.6 is 0 Å². The molecule has 0 saturated heterocycles. The Morgan fingerprint density at radius 3 is 2.04 bits per heavy atom. The summed E-state index contributed by atoms with van der Waals surface area (Å²) in [5, 5.41) is 4.73. The zero-order valence-corrected chi connectivity index (χ0v) is 37.6. The van der Waals surface area contributed by atoms with Crippen LogP contribution < -0.4 is 4.90 Å². The van der Waals surface area contributed by atoms with Gasteiger partial charge in [0.15, 0.2) is 0 Å². The Morgan fingerprint density at radius 1 is 0.500 bits per heavy atom. The van der Waals surface area contributed by atoms with Gasteiger partial charge in [0.25, 0.3) is 0 Å². The van der Waals surface area contributed by atoms with Gasteiger partial charge < -0.3 is 13.9 Å². The Kier molecular flexibility index (Phi) is 9.36. The van der Waals surface area contributed by atoms with Gasteiger partial charge in [-0.05, 0) is 99.6 Å². The van der Waals surface area contributed by atoms with Crippen molar-refractivity contribution in [1.29, 1.82) is 0 Å². The average Bonchev–Trinajstić information content (AvgIpc) is 3.96. The summed E-state index contributed by atoms with van der Waals surface area (Å²) in [5.41, 5.74) is 17.8. The standard InChI is InChI=1S/C65H46N2O/c1-65(42-18-23-46-21-15-30-52(63(46)65)44-19-4-2-5-20-44)57-33-10-12-35-59(57)66(50-26-14-22-47(43-50)53-31-16-32-55-54-27-9-13-37-61(54)68-64(53)55)49-40-38-45(39-41-49)51-29-17-36-60-62(51)56-28-8-11-34-58(56)67(60)48-24-6-3-7-25-48/h2-43,63H,1H3. The quantitative estimate of drug-likeness (QED) is 0.152. The molecule has 0 amide bonds. The first-order valence-corrected chi connectivity index (χ1v) is 23.5. The van der Waals surface area contributed by atoms with E-state index < -0.39 is 5.41 Å². The van der Waals surface area contributed by atoms with Gasteiger partial charge >= 0.3 is 0 Å². The van der Waals surface area contributed by atoms with E-state index in [1.165, 1.54) is 49.6 Å². The van der Waals surface area contributed by atoms with Gasteiger partial charge in [0.1, 0.15) is 11.2 Å². The maximum Gasteiger partial charge on any atom is 0.143 e. The number of furan rings is 1. The number of nitrogens with zero attached hydrogens (tertiary/aromatic N) is 2. The van der Waals surface area contributed by atoms with Crippen molar-refractivity contribution in [2.75, 3.05) is 4.90 Å². The minimum Gasteiger partial charge on any atom is -0.455 e. The lowest BCUT2D eigenvalue weighted by Gasteiger charge is -2.43. The molecule has 11 aromatic rings. The zero-order chi connectivity index (χ0) is 45.2. The molecule has 9 aromatic carbocycles. The summed E-state index contributed by atoms with van der Waals surface area (Å²) in [7, 11) is 0. The summed E-state index contributed by atoms with van der Waals surface area (Å²) in [6.07, 6.45) is 13.8. The van der Waals surface area contributed by atoms with Crippen LogP contribution in [-0.4, -0.2) is 4.57 Å². The minimum absolute atomic E-state index is 0.0980. The maximum atomic E-state index is 6.62. The molecule has 3 heteroatoms. The van der Waals surface area contributed by atoms with Crippen molar-refractivity contribution in [3.63, 3.8) is 0 Å². The highest BCUT2D eigenvalue weighted by Crippen LogP contribution is 2.53. The van der Waals surface area contributed by atoms with Crippen LogP contribution in [0.2, 0.25) is 0 Å². The van der Waals surface area contributed by atoms with Crippen molar-refractivity contribution in [2.45, 2.75) is 12.3 Å². The van der Waals surface area contributed by atoms with E-state index in [2.05, 4.69) is 265 Å². The second kappa shape index (κ2) is 16.0. The molecule has 2 unspecified atom stereocenters. The second-order valence-electron chi connectivity index (χ2n) is 18.2. The van der Waals surface area contributed by atoms with Gasteiger partial charge in [-0.15, -0.1) is 0 Å². The molecule has 0 fully saturated rings. The number of aromatic nitrogens is 1. The third-order valence-corrected chi connectivity index (χ3v) is 14.3. The molecule has 0 bridgehead atoms. The third kappa shape index (κ3) is 6.35. The Bertz CT molecular complexity index is 3860. The molecule has 2 aliphatic rings. The van der Waals surface area contributed by atoms with E-state index in [4.69, 9.17) is 4.42 Å². The van der Waals surface area contributed by atoms with Crippen molar-refractivity contribution in [1.82, 2.24) is 4.57 Å². The summed E-state index contributed by atoms with van der Waals surface area (Å²) in [6, 6.07) is 79.1. The van der Waals surface area contributed by atoms with E-state index in [-0.39, 0.29) is 5.92 Å².